The number of aliphatic hydroxyl groups excluding tert-OH is 2. The Labute approximate surface area is 319 Å². The van der Waals surface area contributed by atoms with Crippen LogP contribution in [0.25, 0.3) is 0 Å². The zero-order valence-corrected chi connectivity index (χ0v) is 35.9. The van der Waals surface area contributed by atoms with Gasteiger partial charge in [-0.15, -0.1) is 0 Å². The van der Waals surface area contributed by atoms with Crippen LogP contribution >= 0.6 is 0 Å². The molecule has 1 aliphatic carbocycles. The molecule has 0 aliphatic heterocycles. The van der Waals surface area contributed by atoms with Crippen molar-refractivity contribution in [2.24, 2.45) is 0 Å². The summed E-state index contributed by atoms with van der Waals surface area (Å²) < 4.78 is 1.15. The maximum absolute atomic E-state index is 10.2. The van der Waals surface area contributed by atoms with E-state index >= 15 is 0 Å². The molecule has 0 aromatic rings. The van der Waals surface area contributed by atoms with Crippen LogP contribution in [0.3, 0.4) is 0 Å². The van der Waals surface area contributed by atoms with Gasteiger partial charge in [0.05, 0.1) is 12.2 Å². The van der Waals surface area contributed by atoms with E-state index in [9.17, 15) is 30.0 Å². The van der Waals surface area contributed by atoms with Gasteiger partial charge in [0.1, 0.15) is 0 Å². The van der Waals surface area contributed by atoms with Crippen LogP contribution in [-0.2, 0) is 9.59 Å². The normalized spacial score (nSPS) is 14.3. The van der Waals surface area contributed by atoms with Crippen molar-refractivity contribution >= 4 is 36.7 Å². The number of hydrogen-bond acceptors (Lipinski definition) is 6. The molecule has 0 saturated heterocycles. The summed E-state index contributed by atoms with van der Waals surface area (Å²) in [5.74, 6) is -1.87. The Morgan fingerprint density at radius 2 is 0.755 bits per heavy atom. The van der Waals surface area contributed by atoms with Crippen molar-refractivity contribution in [3.8, 4) is 0 Å². The summed E-state index contributed by atoms with van der Waals surface area (Å²) in [6.45, 7) is 4.46. The third-order valence-electron chi connectivity index (χ3n) is 9.69. The van der Waals surface area contributed by atoms with Crippen LogP contribution in [0.2, 0.25) is 3.63 Å². The van der Waals surface area contributed by atoms with Crippen LogP contribution in [0, 0.1) is 0 Å². The van der Waals surface area contributed by atoms with E-state index in [1.807, 2.05) is 0 Å². The molecular weight excluding hydrogens is 809 g/mol. The van der Waals surface area contributed by atoms with Crippen molar-refractivity contribution < 1.29 is 30.0 Å². The molecule has 2 unspecified atom stereocenters. The first-order valence-electron chi connectivity index (χ1n) is 21.2. The average Bonchev–Trinajstić information content (AvgIpc) is 3.07. The van der Waals surface area contributed by atoms with E-state index in [2.05, 4.69) is 13.8 Å². The fourth-order valence-electron chi connectivity index (χ4n) is 6.40. The van der Waals surface area contributed by atoms with Gasteiger partial charge in [0, 0.05) is 11.9 Å². The van der Waals surface area contributed by atoms with E-state index in [4.69, 9.17) is 0 Å². The molecule has 0 bridgehead atoms. The minimum absolute atomic E-state index is 0.116. The summed E-state index contributed by atoms with van der Waals surface area (Å²) in [4.78, 5) is 20.5. The second-order valence-corrected chi connectivity index (χ2v) is 17.6. The number of hydrogen-bond donors (Lipinski definition) is 2. The van der Waals surface area contributed by atoms with Gasteiger partial charge in [0.15, 0.2) is 0 Å². The van der Waals surface area contributed by atoms with Crippen LogP contribution in [0.5, 0.6) is 0 Å². The number of carboxylic acids is 2. The topological polar surface area (TPSA) is 121 Å². The molecule has 6 nitrogen and oxygen atoms in total. The van der Waals surface area contributed by atoms with E-state index in [0.29, 0.717) is 0 Å². The molecular formula is C42H81BiO6. The van der Waals surface area contributed by atoms with Crippen molar-refractivity contribution in [3.05, 3.63) is 0 Å². The van der Waals surface area contributed by atoms with Gasteiger partial charge < -0.3 is 30.0 Å². The van der Waals surface area contributed by atoms with E-state index < -0.39 is 11.9 Å². The Kier molecular flexibility index (Phi) is 43.8. The maximum atomic E-state index is 10.2. The van der Waals surface area contributed by atoms with Crippen molar-refractivity contribution in [1.29, 1.82) is 0 Å². The summed E-state index contributed by atoms with van der Waals surface area (Å²) in [7, 11) is 0. The van der Waals surface area contributed by atoms with Crippen LogP contribution in [0.1, 0.15) is 239 Å². The monoisotopic (exact) mass is 891 g/mol. The molecule has 0 amide bonds. The summed E-state index contributed by atoms with van der Waals surface area (Å²) >= 11 is 1.63. The number of rotatable bonds is 32. The Hall–Kier alpha value is -0.257. The van der Waals surface area contributed by atoms with Crippen molar-refractivity contribution in [2.45, 2.75) is 254 Å². The molecule has 2 N–H and O–H groups in total. The first-order valence-corrected chi connectivity index (χ1v) is 23.2. The number of unbranched alkanes of at least 4 members (excludes halogenated alkanes) is 20. The van der Waals surface area contributed by atoms with Crippen molar-refractivity contribution in [3.63, 3.8) is 0 Å². The van der Waals surface area contributed by atoms with E-state index in [1.165, 1.54) is 96.3 Å². The van der Waals surface area contributed by atoms with Gasteiger partial charge >= 0.3 is 60.4 Å². The molecule has 1 fully saturated rings. The molecule has 2 atom stereocenters. The number of carboxylic acid groups (broad SMARTS) is 2. The molecule has 49 heavy (non-hydrogen) atoms. The molecule has 0 heterocycles. The first-order chi connectivity index (χ1) is 23.7. The van der Waals surface area contributed by atoms with Gasteiger partial charge in [-0.05, 0) is 51.4 Å². The Morgan fingerprint density at radius 3 is 1.00 bits per heavy atom. The van der Waals surface area contributed by atoms with Gasteiger partial charge in [-0.3, -0.25) is 0 Å². The zero-order chi connectivity index (χ0) is 36.6. The molecule has 0 aromatic carbocycles. The van der Waals surface area contributed by atoms with E-state index in [1.54, 1.807) is 24.7 Å². The number of aliphatic hydroxyl groups is 2. The molecule has 1 aliphatic rings. The third-order valence-corrected chi connectivity index (χ3v) is 11.7. The molecule has 2 radical (unpaired) electrons. The SMILES string of the molecule is CCCCCCCCC(O)CCCCCCCCC(=O)[O-].CCCCCCCCC(O)CCCCCCCCC(=O)[O-].[Bi+2][CH]1CCCCC1. The number of carbonyl (C=O) groups excluding carboxylic acids is 2. The average molecular weight is 891 g/mol. The fourth-order valence-corrected chi connectivity index (χ4v) is 7.82. The number of carbonyl (C=O) groups is 2. The number of aliphatic carboxylic acids is 2. The van der Waals surface area contributed by atoms with Gasteiger partial charge in [-0.2, -0.15) is 0 Å². The molecule has 290 valence electrons. The van der Waals surface area contributed by atoms with Crippen LogP contribution < -0.4 is 10.2 Å². The van der Waals surface area contributed by atoms with Gasteiger partial charge in [0.2, 0.25) is 0 Å². The van der Waals surface area contributed by atoms with E-state index in [-0.39, 0.29) is 25.0 Å². The predicted molar refractivity (Wildman–Crippen MR) is 204 cm³/mol. The van der Waals surface area contributed by atoms with Crippen LogP contribution in [0.15, 0.2) is 0 Å². The zero-order valence-electron chi connectivity index (χ0n) is 32.5. The standard InChI is InChI=1S/2C18H36O3.C6H11.Bi/c2*1-2-3-4-5-8-11-14-17(19)15-12-9-6-7-10-13-16-18(20)21;1-2-4-6-5-3-1;/h2*17,19H,2-16H2,1H3,(H,20,21);1H,2-6H2;/q;;;+2/p-2. The van der Waals surface area contributed by atoms with Crippen LogP contribution in [-0.4, -0.2) is 59.1 Å². The summed E-state index contributed by atoms with van der Waals surface area (Å²) in [5, 5.41) is 40.2. The minimum atomic E-state index is -0.937. The molecule has 1 saturated carbocycles. The van der Waals surface area contributed by atoms with Crippen LogP contribution in [0.4, 0.5) is 0 Å². The van der Waals surface area contributed by atoms with Crippen molar-refractivity contribution in [2.75, 3.05) is 0 Å². The predicted octanol–water partition coefficient (Wildman–Crippen LogP) is 9.84. The Bertz CT molecular complexity index is 622. The molecule has 7 heteroatoms. The van der Waals surface area contributed by atoms with Gasteiger partial charge in [-0.25, -0.2) is 0 Å². The van der Waals surface area contributed by atoms with Gasteiger partial charge in [0.25, 0.3) is 0 Å². The molecule has 0 spiro atoms. The van der Waals surface area contributed by atoms with E-state index in [0.717, 1.165) is 119 Å². The first kappa shape index (κ1) is 50.9. The second-order valence-electron chi connectivity index (χ2n) is 14.8. The summed E-state index contributed by atoms with van der Waals surface area (Å²) in [6, 6.07) is 0. The molecule has 0 aromatic heterocycles. The Morgan fingerprint density at radius 1 is 0.490 bits per heavy atom. The quantitative estimate of drug-likeness (QED) is 0.0513. The second kappa shape index (κ2) is 42.2. The summed E-state index contributed by atoms with van der Waals surface area (Å²) in [5.41, 5.74) is 0. The fraction of sp³-hybridized carbons (Fsp3) is 0.952. The summed E-state index contributed by atoms with van der Waals surface area (Å²) in [6.07, 6.45) is 39.3. The molecule has 1 rings (SSSR count). The van der Waals surface area contributed by atoms with Crippen molar-refractivity contribution in [1.82, 2.24) is 0 Å². The third kappa shape index (κ3) is 47.7. The van der Waals surface area contributed by atoms with Gasteiger partial charge in [-0.1, -0.05) is 155 Å². The Balaban J connectivity index is 0.